The quantitative estimate of drug-likeness (QED) is 0.812. The molecular formula is C22H30N2O3. The molecule has 0 aliphatic carbocycles. The van der Waals surface area contributed by atoms with Gasteiger partial charge in [0.25, 0.3) is 0 Å². The molecule has 5 nitrogen and oxygen atoms in total. The number of aliphatic hydroxyl groups is 1. The van der Waals surface area contributed by atoms with Crippen LogP contribution in [0.15, 0.2) is 42.5 Å². The van der Waals surface area contributed by atoms with Crippen LogP contribution in [-0.4, -0.2) is 62.6 Å². The van der Waals surface area contributed by atoms with Gasteiger partial charge >= 0.3 is 0 Å². The number of benzene rings is 2. The van der Waals surface area contributed by atoms with E-state index >= 15 is 0 Å². The summed E-state index contributed by atoms with van der Waals surface area (Å²) in [6, 6.07) is 14.2. The van der Waals surface area contributed by atoms with Gasteiger partial charge in [0.2, 0.25) is 0 Å². The molecule has 0 unspecified atom stereocenters. The standard InChI is InChI=1S/C22H30N2O3/c1-17-7-6-8-18(2)22(17)27-16-19(25)15-23-11-13-24(14-12-23)20-9-4-5-10-21(20)26-3/h4-10,19,25H,11-16H2,1-3H3/t19-/m0/s1. The summed E-state index contributed by atoms with van der Waals surface area (Å²) in [4.78, 5) is 4.64. The highest BCUT2D eigenvalue weighted by Crippen LogP contribution is 2.28. The largest absolute Gasteiger partial charge is 0.495 e. The summed E-state index contributed by atoms with van der Waals surface area (Å²) in [5.41, 5.74) is 3.35. The van der Waals surface area contributed by atoms with Crippen molar-refractivity contribution in [2.24, 2.45) is 0 Å². The number of rotatable bonds is 7. The van der Waals surface area contributed by atoms with E-state index in [0.717, 1.165) is 54.5 Å². The summed E-state index contributed by atoms with van der Waals surface area (Å²) >= 11 is 0. The number of aryl methyl sites for hydroxylation is 2. The van der Waals surface area contributed by atoms with E-state index < -0.39 is 6.10 Å². The summed E-state index contributed by atoms with van der Waals surface area (Å²) in [7, 11) is 1.71. The third kappa shape index (κ3) is 4.93. The summed E-state index contributed by atoms with van der Waals surface area (Å²) in [6.45, 7) is 8.69. The zero-order chi connectivity index (χ0) is 19.2. The molecule has 0 amide bonds. The molecule has 0 radical (unpaired) electrons. The number of aliphatic hydroxyl groups excluding tert-OH is 1. The fourth-order valence-corrected chi connectivity index (χ4v) is 3.62. The average molecular weight is 370 g/mol. The number of hydrogen-bond donors (Lipinski definition) is 1. The van der Waals surface area contributed by atoms with E-state index in [2.05, 4.69) is 15.9 Å². The second-order valence-corrected chi connectivity index (χ2v) is 7.15. The van der Waals surface area contributed by atoms with Crippen LogP contribution in [-0.2, 0) is 0 Å². The molecule has 0 saturated carbocycles. The van der Waals surface area contributed by atoms with Crippen molar-refractivity contribution in [3.05, 3.63) is 53.6 Å². The van der Waals surface area contributed by atoms with Gasteiger partial charge in [-0.25, -0.2) is 0 Å². The molecule has 1 aliphatic rings. The molecule has 146 valence electrons. The van der Waals surface area contributed by atoms with Crippen LogP contribution >= 0.6 is 0 Å². The molecule has 27 heavy (non-hydrogen) atoms. The normalized spacial score (nSPS) is 16.2. The van der Waals surface area contributed by atoms with Gasteiger partial charge < -0.3 is 19.5 Å². The molecule has 0 spiro atoms. The summed E-state index contributed by atoms with van der Waals surface area (Å²) in [5.74, 6) is 1.80. The van der Waals surface area contributed by atoms with Gasteiger partial charge in [-0.2, -0.15) is 0 Å². The first-order valence-electron chi connectivity index (χ1n) is 9.56. The highest BCUT2D eigenvalue weighted by molar-refractivity contribution is 5.58. The lowest BCUT2D eigenvalue weighted by molar-refractivity contribution is 0.0658. The minimum atomic E-state index is -0.498. The number of anilines is 1. The molecule has 0 aromatic heterocycles. The smallest absolute Gasteiger partial charge is 0.142 e. The average Bonchev–Trinajstić information content (AvgIpc) is 2.68. The zero-order valence-electron chi connectivity index (χ0n) is 16.5. The fraction of sp³-hybridized carbons (Fsp3) is 0.455. The van der Waals surface area contributed by atoms with Crippen molar-refractivity contribution in [2.45, 2.75) is 20.0 Å². The van der Waals surface area contributed by atoms with Gasteiger partial charge in [-0.15, -0.1) is 0 Å². The summed E-state index contributed by atoms with van der Waals surface area (Å²) in [6.07, 6.45) is -0.498. The van der Waals surface area contributed by atoms with Gasteiger partial charge in [0.05, 0.1) is 12.8 Å². The Morgan fingerprint density at radius 3 is 2.30 bits per heavy atom. The molecule has 1 aliphatic heterocycles. The van der Waals surface area contributed by atoms with Gasteiger partial charge in [-0.3, -0.25) is 4.90 Å². The Kier molecular flexibility index (Phi) is 6.58. The lowest BCUT2D eigenvalue weighted by atomic mass is 10.1. The minimum Gasteiger partial charge on any atom is -0.495 e. The van der Waals surface area contributed by atoms with Gasteiger partial charge in [0.15, 0.2) is 0 Å². The van der Waals surface area contributed by atoms with E-state index in [0.29, 0.717) is 13.2 Å². The SMILES string of the molecule is COc1ccccc1N1CCN(C[C@H](O)COc2c(C)cccc2C)CC1. The van der Waals surface area contributed by atoms with E-state index in [4.69, 9.17) is 9.47 Å². The topological polar surface area (TPSA) is 45.2 Å². The van der Waals surface area contributed by atoms with Crippen molar-refractivity contribution >= 4 is 5.69 Å². The van der Waals surface area contributed by atoms with Crippen molar-refractivity contribution in [2.75, 3.05) is 51.3 Å². The molecule has 2 aromatic rings. The number of nitrogens with zero attached hydrogens (tertiary/aromatic N) is 2. The van der Waals surface area contributed by atoms with Crippen LogP contribution in [0.25, 0.3) is 0 Å². The number of β-amino-alcohol motifs (C(OH)–C–C–N with tert-alkyl or cyclic N) is 1. The highest BCUT2D eigenvalue weighted by atomic mass is 16.5. The first kappa shape index (κ1) is 19.5. The van der Waals surface area contributed by atoms with Crippen molar-refractivity contribution in [1.29, 1.82) is 0 Å². The summed E-state index contributed by atoms with van der Waals surface area (Å²) in [5, 5.41) is 10.4. The number of methoxy groups -OCH3 is 1. The second kappa shape index (κ2) is 9.11. The number of ether oxygens (including phenoxy) is 2. The maximum absolute atomic E-state index is 10.4. The molecule has 1 atom stereocenters. The predicted octanol–water partition coefficient (Wildman–Crippen LogP) is 2.87. The van der Waals surface area contributed by atoms with E-state index in [1.165, 1.54) is 0 Å². The highest BCUT2D eigenvalue weighted by Gasteiger charge is 2.21. The minimum absolute atomic E-state index is 0.318. The predicted molar refractivity (Wildman–Crippen MR) is 109 cm³/mol. The van der Waals surface area contributed by atoms with Gasteiger partial charge in [0, 0.05) is 32.7 Å². The third-order valence-electron chi connectivity index (χ3n) is 5.10. The van der Waals surface area contributed by atoms with E-state index in [1.54, 1.807) is 7.11 Å². The van der Waals surface area contributed by atoms with Crippen LogP contribution in [0.3, 0.4) is 0 Å². The van der Waals surface area contributed by atoms with Crippen LogP contribution < -0.4 is 14.4 Å². The fourth-order valence-electron chi connectivity index (χ4n) is 3.62. The molecule has 0 bridgehead atoms. The first-order valence-corrected chi connectivity index (χ1v) is 9.56. The van der Waals surface area contributed by atoms with Crippen LogP contribution in [0.5, 0.6) is 11.5 Å². The van der Waals surface area contributed by atoms with Crippen molar-refractivity contribution in [3.63, 3.8) is 0 Å². The molecule has 1 N–H and O–H groups in total. The molecule has 3 rings (SSSR count). The van der Waals surface area contributed by atoms with E-state index in [-0.39, 0.29) is 0 Å². The lowest BCUT2D eigenvalue weighted by Crippen LogP contribution is -2.49. The number of piperazine rings is 1. The van der Waals surface area contributed by atoms with Crippen molar-refractivity contribution in [1.82, 2.24) is 4.90 Å². The van der Waals surface area contributed by atoms with Crippen LogP contribution in [0, 0.1) is 13.8 Å². The van der Waals surface area contributed by atoms with E-state index in [1.807, 2.05) is 50.2 Å². The maximum Gasteiger partial charge on any atom is 0.142 e. The van der Waals surface area contributed by atoms with Gasteiger partial charge in [-0.05, 0) is 37.1 Å². The Hall–Kier alpha value is -2.24. The first-order chi connectivity index (χ1) is 13.1. The van der Waals surface area contributed by atoms with Gasteiger partial charge in [0.1, 0.15) is 24.2 Å². The van der Waals surface area contributed by atoms with Crippen LogP contribution in [0.4, 0.5) is 5.69 Å². The maximum atomic E-state index is 10.4. The second-order valence-electron chi connectivity index (χ2n) is 7.15. The molecule has 2 aromatic carbocycles. The molecule has 1 fully saturated rings. The number of hydrogen-bond acceptors (Lipinski definition) is 5. The van der Waals surface area contributed by atoms with Gasteiger partial charge in [-0.1, -0.05) is 30.3 Å². The zero-order valence-corrected chi connectivity index (χ0v) is 16.5. The monoisotopic (exact) mass is 370 g/mol. The number of para-hydroxylation sites is 3. The van der Waals surface area contributed by atoms with Crippen molar-refractivity contribution in [3.8, 4) is 11.5 Å². The molecule has 5 heteroatoms. The Morgan fingerprint density at radius 2 is 1.63 bits per heavy atom. The lowest BCUT2D eigenvalue weighted by Gasteiger charge is -2.37. The van der Waals surface area contributed by atoms with Crippen LogP contribution in [0.1, 0.15) is 11.1 Å². The molecule has 1 saturated heterocycles. The molecular weight excluding hydrogens is 340 g/mol. The Labute approximate surface area is 162 Å². The van der Waals surface area contributed by atoms with Crippen molar-refractivity contribution < 1.29 is 14.6 Å². The Balaban J connectivity index is 1.47. The summed E-state index contributed by atoms with van der Waals surface area (Å²) < 4.78 is 11.4. The van der Waals surface area contributed by atoms with Crippen LogP contribution in [0.2, 0.25) is 0 Å². The third-order valence-corrected chi connectivity index (χ3v) is 5.10. The Morgan fingerprint density at radius 1 is 0.963 bits per heavy atom. The van der Waals surface area contributed by atoms with E-state index in [9.17, 15) is 5.11 Å². The molecule has 1 heterocycles. The Bertz CT molecular complexity index is 722.